The van der Waals surface area contributed by atoms with Crippen LogP contribution in [0, 0.1) is 6.92 Å². The molecular formula is C42H32N4O2. The van der Waals surface area contributed by atoms with Crippen molar-refractivity contribution in [2.45, 2.75) is 26.7 Å². The number of rotatable bonds is 6. The largest absolute Gasteiger partial charge is 0.427 e. The Bertz CT molecular complexity index is 2460. The molecule has 6 nitrogen and oxygen atoms in total. The Morgan fingerprint density at radius 1 is 0.583 bits per heavy atom. The van der Waals surface area contributed by atoms with Gasteiger partial charge in [-0.15, -0.1) is 0 Å². The Labute approximate surface area is 278 Å². The van der Waals surface area contributed by atoms with Crippen molar-refractivity contribution < 1.29 is 4.42 Å². The predicted molar refractivity (Wildman–Crippen MR) is 193 cm³/mol. The Hall–Kier alpha value is -6.14. The third-order valence-electron chi connectivity index (χ3n) is 8.80. The summed E-state index contributed by atoms with van der Waals surface area (Å²) in [5, 5.41) is 2.58. The lowest BCUT2D eigenvalue weighted by molar-refractivity contribution is 0.490. The lowest BCUT2D eigenvalue weighted by atomic mass is 9.93. The number of aryl methyl sites for hydroxylation is 1. The van der Waals surface area contributed by atoms with Crippen LogP contribution in [0.15, 0.2) is 143 Å². The molecule has 48 heavy (non-hydrogen) atoms. The zero-order valence-electron chi connectivity index (χ0n) is 26.9. The van der Waals surface area contributed by atoms with Crippen LogP contribution in [-0.4, -0.2) is 19.5 Å². The first-order chi connectivity index (χ1) is 23.5. The molecule has 3 heterocycles. The summed E-state index contributed by atoms with van der Waals surface area (Å²) < 4.78 is 8.20. The quantitative estimate of drug-likeness (QED) is 0.184. The van der Waals surface area contributed by atoms with E-state index in [4.69, 9.17) is 19.4 Å². The van der Waals surface area contributed by atoms with E-state index >= 15 is 0 Å². The van der Waals surface area contributed by atoms with Gasteiger partial charge in [0.1, 0.15) is 5.76 Å². The van der Waals surface area contributed by atoms with Crippen molar-refractivity contribution in [3.8, 4) is 51.1 Å². The van der Waals surface area contributed by atoms with E-state index in [0.717, 1.165) is 49.9 Å². The van der Waals surface area contributed by atoms with Gasteiger partial charge in [0.25, 0.3) is 0 Å². The second kappa shape index (κ2) is 11.9. The number of hydrogen-bond acceptors (Lipinski definition) is 5. The molecule has 0 aliphatic rings. The van der Waals surface area contributed by atoms with Gasteiger partial charge >= 0.3 is 5.63 Å². The van der Waals surface area contributed by atoms with E-state index < -0.39 is 0 Å². The highest BCUT2D eigenvalue weighted by molar-refractivity contribution is 6.02. The molecule has 0 atom stereocenters. The minimum absolute atomic E-state index is 0.185. The molecule has 0 bridgehead atoms. The van der Waals surface area contributed by atoms with Gasteiger partial charge in [-0.25, -0.2) is 19.7 Å². The first kappa shape index (κ1) is 29.3. The van der Waals surface area contributed by atoms with Gasteiger partial charge in [-0.3, -0.25) is 0 Å². The lowest BCUT2D eigenvalue weighted by Crippen LogP contribution is -2.07. The van der Waals surface area contributed by atoms with E-state index in [2.05, 4.69) is 54.8 Å². The van der Waals surface area contributed by atoms with Gasteiger partial charge in [-0.05, 0) is 42.7 Å². The molecule has 0 spiro atoms. The summed E-state index contributed by atoms with van der Waals surface area (Å²) in [6.45, 7) is 6.31. The van der Waals surface area contributed by atoms with Crippen molar-refractivity contribution in [2.24, 2.45) is 0 Å². The van der Waals surface area contributed by atoms with Gasteiger partial charge in [0.15, 0.2) is 17.5 Å². The number of fused-ring (bicyclic) bond motifs is 2. The molecule has 232 valence electrons. The summed E-state index contributed by atoms with van der Waals surface area (Å²) >= 11 is 0. The van der Waals surface area contributed by atoms with Crippen molar-refractivity contribution in [1.82, 2.24) is 19.5 Å². The average molecular weight is 625 g/mol. The topological polar surface area (TPSA) is 73.8 Å². The second-order valence-electron chi connectivity index (χ2n) is 12.2. The molecule has 5 aromatic carbocycles. The van der Waals surface area contributed by atoms with E-state index in [0.29, 0.717) is 28.6 Å². The third kappa shape index (κ3) is 4.99. The Balaban J connectivity index is 1.41. The first-order valence-electron chi connectivity index (χ1n) is 16.1. The molecule has 0 fully saturated rings. The molecule has 0 aliphatic carbocycles. The van der Waals surface area contributed by atoms with Crippen molar-refractivity contribution in [3.63, 3.8) is 0 Å². The van der Waals surface area contributed by atoms with Crippen LogP contribution in [-0.2, 0) is 0 Å². The van der Waals surface area contributed by atoms with Gasteiger partial charge in [0.2, 0.25) is 0 Å². The standard InChI is InChI=1S/C42H32N4O2/c1-26(2)36-34-23-12-13-24-35(34)46(38(36)37-27(3)48-42(47)33-22-11-10-21-32(33)37)31-20-14-19-30(25-31)41-44-39(28-15-6-4-7-16-28)43-40(45-41)29-17-8-5-9-18-29/h4-26H,1-3H3. The molecule has 8 aromatic rings. The summed E-state index contributed by atoms with van der Waals surface area (Å²) in [7, 11) is 0. The summed E-state index contributed by atoms with van der Waals surface area (Å²) in [5.74, 6) is 2.57. The predicted octanol–water partition coefficient (Wildman–Crippen LogP) is 10.0. The van der Waals surface area contributed by atoms with Crippen LogP contribution in [0.1, 0.15) is 31.1 Å². The minimum atomic E-state index is -0.333. The summed E-state index contributed by atoms with van der Waals surface area (Å²) in [5.41, 5.74) is 7.49. The van der Waals surface area contributed by atoms with E-state index in [1.165, 1.54) is 5.56 Å². The maximum Gasteiger partial charge on any atom is 0.343 e. The Kier molecular flexibility index (Phi) is 7.26. The molecular weight excluding hydrogens is 592 g/mol. The van der Waals surface area contributed by atoms with Crippen LogP contribution in [0.25, 0.3) is 72.8 Å². The van der Waals surface area contributed by atoms with Crippen LogP contribution in [0.2, 0.25) is 0 Å². The van der Waals surface area contributed by atoms with Gasteiger partial charge < -0.3 is 8.98 Å². The highest BCUT2D eigenvalue weighted by atomic mass is 16.4. The Morgan fingerprint density at radius 2 is 1.10 bits per heavy atom. The molecule has 0 unspecified atom stereocenters. The number of aromatic nitrogens is 4. The molecule has 0 radical (unpaired) electrons. The minimum Gasteiger partial charge on any atom is -0.427 e. The third-order valence-corrected chi connectivity index (χ3v) is 8.80. The highest BCUT2D eigenvalue weighted by Gasteiger charge is 2.26. The van der Waals surface area contributed by atoms with E-state index in [9.17, 15) is 4.79 Å². The maximum absolute atomic E-state index is 13.0. The fourth-order valence-corrected chi connectivity index (χ4v) is 6.69. The van der Waals surface area contributed by atoms with Crippen LogP contribution in [0.5, 0.6) is 0 Å². The molecule has 0 amide bonds. The van der Waals surface area contributed by atoms with E-state index in [1.807, 2.05) is 104 Å². The van der Waals surface area contributed by atoms with E-state index in [1.54, 1.807) is 0 Å². The molecule has 0 N–H and O–H groups in total. The second-order valence-corrected chi connectivity index (χ2v) is 12.2. The normalized spacial score (nSPS) is 11.5. The van der Waals surface area contributed by atoms with Gasteiger partial charge in [0.05, 0.1) is 16.6 Å². The van der Waals surface area contributed by atoms with Gasteiger partial charge in [0, 0.05) is 38.7 Å². The Morgan fingerprint density at radius 3 is 1.73 bits per heavy atom. The average Bonchev–Trinajstić information content (AvgIpc) is 3.47. The number of benzene rings is 5. The zero-order valence-corrected chi connectivity index (χ0v) is 26.9. The molecule has 0 saturated heterocycles. The van der Waals surface area contributed by atoms with Crippen LogP contribution < -0.4 is 5.63 Å². The number of para-hydroxylation sites is 1. The van der Waals surface area contributed by atoms with Crippen molar-refractivity contribution >= 4 is 21.7 Å². The lowest BCUT2D eigenvalue weighted by Gasteiger charge is -2.18. The van der Waals surface area contributed by atoms with Crippen molar-refractivity contribution in [2.75, 3.05) is 0 Å². The fraction of sp³-hybridized carbons (Fsp3) is 0.0952. The number of nitrogens with zero attached hydrogens (tertiary/aromatic N) is 4. The first-order valence-corrected chi connectivity index (χ1v) is 16.1. The molecule has 3 aromatic heterocycles. The summed E-state index contributed by atoms with van der Waals surface area (Å²) in [4.78, 5) is 27.9. The molecule has 0 aliphatic heterocycles. The smallest absolute Gasteiger partial charge is 0.343 e. The number of hydrogen-bond donors (Lipinski definition) is 0. The maximum atomic E-state index is 13.0. The van der Waals surface area contributed by atoms with Crippen molar-refractivity contribution in [1.29, 1.82) is 0 Å². The SMILES string of the molecule is Cc1oc(=O)c2ccccc2c1-c1c(C(C)C)c2ccccc2n1-c1cccc(-c2nc(-c3ccccc3)nc(-c3ccccc3)n2)c1. The molecule has 6 heteroatoms. The van der Waals surface area contributed by atoms with Crippen molar-refractivity contribution in [3.05, 3.63) is 155 Å². The molecule has 8 rings (SSSR count). The van der Waals surface area contributed by atoms with Crippen LogP contribution in [0.3, 0.4) is 0 Å². The summed E-state index contributed by atoms with van der Waals surface area (Å²) in [6, 6.07) is 44.5. The molecule has 0 saturated carbocycles. The summed E-state index contributed by atoms with van der Waals surface area (Å²) in [6.07, 6.45) is 0. The van der Waals surface area contributed by atoms with Crippen LogP contribution >= 0.6 is 0 Å². The van der Waals surface area contributed by atoms with Crippen LogP contribution in [0.4, 0.5) is 0 Å². The zero-order chi connectivity index (χ0) is 32.8. The van der Waals surface area contributed by atoms with Gasteiger partial charge in [-0.1, -0.05) is 123 Å². The fourth-order valence-electron chi connectivity index (χ4n) is 6.69. The van der Waals surface area contributed by atoms with Gasteiger partial charge in [-0.2, -0.15) is 0 Å². The van der Waals surface area contributed by atoms with E-state index in [-0.39, 0.29) is 11.5 Å². The monoisotopic (exact) mass is 624 g/mol. The highest BCUT2D eigenvalue weighted by Crippen LogP contribution is 2.43.